The van der Waals surface area contributed by atoms with Crippen molar-refractivity contribution in [1.29, 1.82) is 0 Å². The van der Waals surface area contributed by atoms with Gasteiger partial charge in [-0.1, -0.05) is 29.8 Å². The topological polar surface area (TPSA) is 49.4 Å². The number of amides is 2. The Hall–Kier alpha value is -2.33. The predicted octanol–water partition coefficient (Wildman–Crippen LogP) is 3.43. The van der Waals surface area contributed by atoms with E-state index in [4.69, 9.17) is 11.6 Å². The molecule has 0 fully saturated rings. The van der Waals surface area contributed by atoms with Gasteiger partial charge in [0.1, 0.15) is 0 Å². The summed E-state index contributed by atoms with van der Waals surface area (Å²) < 4.78 is 0. The van der Waals surface area contributed by atoms with Gasteiger partial charge in [-0.15, -0.1) is 0 Å². The number of carbonyl (C=O) groups is 2. The molecule has 23 heavy (non-hydrogen) atoms. The lowest BCUT2D eigenvalue weighted by Crippen LogP contribution is -2.25. The van der Waals surface area contributed by atoms with Gasteiger partial charge in [-0.05, 0) is 41.8 Å². The van der Waals surface area contributed by atoms with Crippen LogP contribution in [0.1, 0.15) is 18.1 Å². The highest BCUT2D eigenvalue weighted by Crippen LogP contribution is 2.30. The summed E-state index contributed by atoms with van der Waals surface area (Å²) in [6, 6.07) is 12.9. The molecule has 1 heterocycles. The summed E-state index contributed by atoms with van der Waals surface area (Å²) in [4.78, 5) is 25.5. The lowest BCUT2D eigenvalue weighted by Gasteiger charge is -2.16. The van der Waals surface area contributed by atoms with Gasteiger partial charge >= 0.3 is 0 Å². The van der Waals surface area contributed by atoms with Gasteiger partial charge < -0.3 is 10.2 Å². The van der Waals surface area contributed by atoms with E-state index in [1.165, 1.54) is 0 Å². The van der Waals surface area contributed by atoms with Crippen molar-refractivity contribution >= 4 is 34.8 Å². The monoisotopic (exact) mass is 328 g/mol. The summed E-state index contributed by atoms with van der Waals surface area (Å²) in [6.07, 6.45) is 1.14. The first kappa shape index (κ1) is 15.6. The largest absolute Gasteiger partial charge is 0.326 e. The van der Waals surface area contributed by atoms with Crippen LogP contribution in [0.15, 0.2) is 42.5 Å². The van der Waals surface area contributed by atoms with Crippen molar-refractivity contribution in [3.63, 3.8) is 0 Å². The standard InChI is InChI=1S/C18H17ClN2O2/c1-12(22)21-9-8-14-4-7-16(11-17(14)21)20-18(23)10-13-2-5-15(19)6-3-13/h2-7,11H,8-10H2,1H3,(H,20,23). The van der Waals surface area contributed by atoms with Gasteiger partial charge in [0.25, 0.3) is 0 Å². The second-order valence-electron chi connectivity index (χ2n) is 5.62. The molecule has 0 spiro atoms. The maximum atomic E-state index is 12.2. The molecule has 2 aromatic rings. The van der Waals surface area contributed by atoms with Gasteiger partial charge in [-0.25, -0.2) is 0 Å². The maximum Gasteiger partial charge on any atom is 0.228 e. The predicted molar refractivity (Wildman–Crippen MR) is 92.0 cm³/mol. The van der Waals surface area contributed by atoms with Crippen LogP contribution in [0.4, 0.5) is 11.4 Å². The Morgan fingerprint density at radius 1 is 1.17 bits per heavy atom. The second kappa shape index (κ2) is 6.42. The zero-order chi connectivity index (χ0) is 16.4. The van der Waals surface area contributed by atoms with E-state index in [2.05, 4.69) is 5.32 Å². The third kappa shape index (κ3) is 3.54. The molecule has 2 amide bonds. The number of benzene rings is 2. The van der Waals surface area contributed by atoms with Crippen LogP contribution in [0.2, 0.25) is 5.02 Å². The Bertz CT molecular complexity index is 756. The molecule has 0 atom stereocenters. The zero-order valence-electron chi connectivity index (χ0n) is 12.8. The van der Waals surface area contributed by atoms with Gasteiger partial charge in [-0.2, -0.15) is 0 Å². The second-order valence-corrected chi connectivity index (χ2v) is 6.05. The first-order chi connectivity index (χ1) is 11.0. The third-order valence-electron chi connectivity index (χ3n) is 3.92. The summed E-state index contributed by atoms with van der Waals surface area (Å²) >= 11 is 5.84. The zero-order valence-corrected chi connectivity index (χ0v) is 13.6. The van der Waals surface area contributed by atoms with E-state index in [0.717, 1.165) is 23.2 Å². The molecule has 0 unspecified atom stereocenters. The van der Waals surface area contributed by atoms with Crippen LogP contribution in [0.25, 0.3) is 0 Å². The van der Waals surface area contributed by atoms with E-state index in [1.54, 1.807) is 24.0 Å². The molecule has 5 heteroatoms. The molecule has 1 N–H and O–H groups in total. The highest BCUT2D eigenvalue weighted by Gasteiger charge is 2.22. The van der Waals surface area contributed by atoms with Crippen LogP contribution in [0.3, 0.4) is 0 Å². The molecule has 2 aromatic carbocycles. The summed E-state index contributed by atoms with van der Waals surface area (Å²) in [6.45, 7) is 2.26. The number of hydrogen-bond donors (Lipinski definition) is 1. The number of hydrogen-bond acceptors (Lipinski definition) is 2. The SMILES string of the molecule is CC(=O)N1CCc2ccc(NC(=O)Cc3ccc(Cl)cc3)cc21. The Labute approximate surface area is 140 Å². The van der Waals surface area contributed by atoms with Crippen molar-refractivity contribution in [3.8, 4) is 0 Å². The number of fused-ring (bicyclic) bond motifs is 1. The van der Waals surface area contributed by atoms with E-state index in [1.807, 2.05) is 30.3 Å². The van der Waals surface area contributed by atoms with E-state index in [9.17, 15) is 9.59 Å². The van der Waals surface area contributed by atoms with Crippen LogP contribution in [0.5, 0.6) is 0 Å². The minimum Gasteiger partial charge on any atom is -0.326 e. The highest BCUT2D eigenvalue weighted by molar-refractivity contribution is 6.30. The Morgan fingerprint density at radius 3 is 2.61 bits per heavy atom. The summed E-state index contributed by atoms with van der Waals surface area (Å²) in [5.41, 5.74) is 3.63. The molecule has 0 bridgehead atoms. The third-order valence-corrected chi connectivity index (χ3v) is 4.17. The van der Waals surface area contributed by atoms with Gasteiger partial charge in [0, 0.05) is 29.9 Å². The highest BCUT2D eigenvalue weighted by atomic mass is 35.5. The first-order valence-electron chi connectivity index (χ1n) is 7.48. The average Bonchev–Trinajstić information content (AvgIpc) is 2.93. The van der Waals surface area contributed by atoms with Crippen LogP contribution < -0.4 is 10.2 Å². The van der Waals surface area contributed by atoms with Crippen molar-refractivity contribution in [2.75, 3.05) is 16.8 Å². The number of nitrogens with zero attached hydrogens (tertiary/aromatic N) is 1. The van der Waals surface area contributed by atoms with Crippen molar-refractivity contribution in [2.45, 2.75) is 19.8 Å². The Balaban J connectivity index is 1.71. The first-order valence-corrected chi connectivity index (χ1v) is 7.86. The molecule has 118 valence electrons. The molecule has 0 radical (unpaired) electrons. The maximum absolute atomic E-state index is 12.2. The molecular formula is C18H17ClN2O2. The number of halogens is 1. The molecule has 4 nitrogen and oxygen atoms in total. The van der Waals surface area contributed by atoms with E-state index in [0.29, 0.717) is 17.3 Å². The lowest BCUT2D eigenvalue weighted by molar-refractivity contribution is -0.116. The fourth-order valence-electron chi connectivity index (χ4n) is 2.78. The van der Waals surface area contributed by atoms with Gasteiger partial charge in [0.2, 0.25) is 11.8 Å². The van der Waals surface area contributed by atoms with Crippen molar-refractivity contribution in [2.24, 2.45) is 0 Å². The minimum absolute atomic E-state index is 0.0217. The summed E-state index contributed by atoms with van der Waals surface area (Å²) in [5.74, 6) is -0.0759. The van der Waals surface area contributed by atoms with Crippen molar-refractivity contribution in [1.82, 2.24) is 0 Å². The molecule has 3 rings (SSSR count). The number of nitrogens with one attached hydrogen (secondary N) is 1. The van der Waals surface area contributed by atoms with Crippen LogP contribution in [0, 0.1) is 0 Å². The Kier molecular flexibility index (Phi) is 4.35. The van der Waals surface area contributed by atoms with E-state index >= 15 is 0 Å². The molecule has 0 aromatic heterocycles. The number of anilines is 2. The molecule has 0 saturated heterocycles. The average molecular weight is 329 g/mol. The Morgan fingerprint density at radius 2 is 1.91 bits per heavy atom. The summed E-state index contributed by atoms with van der Waals surface area (Å²) in [5, 5.41) is 3.53. The molecular weight excluding hydrogens is 312 g/mol. The molecule has 1 aliphatic rings. The molecule has 0 saturated carbocycles. The number of rotatable bonds is 3. The molecule has 0 aliphatic carbocycles. The van der Waals surface area contributed by atoms with Crippen LogP contribution in [-0.4, -0.2) is 18.4 Å². The smallest absolute Gasteiger partial charge is 0.228 e. The van der Waals surface area contributed by atoms with Gasteiger partial charge in [0.15, 0.2) is 0 Å². The van der Waals surface area contributed by atoms with Gasteiger partial charge in [0.05, 0.1) is 6.42 Å². The quantitative estimate of drug-likeness (QED) is 0.938. The fraction of sp³-hybridized carbons (Fsp3) is 0.222. The van der Waals surface area contributed by atoms with E-state index < -0.39 is 0 Å². The van der Waals surface area contributed by atoms with Crippen molar-refractivity contribution < 1.29 is 9.59 Å². The lowest BCUT2D eigenvalue weighted by atomic mass is 10.1. The minimum atomic E-state index is -0.0976. The van der Waals surface area contributed by atoms with Crippen LogP contribution >= 0.6 is 11.6 Å². The van der Waals surface area contributed by atoms with Crippen LogP contribution in [-0.2, 0) is 22.4 Å². The van der Waals surface area contributed by atoms with Crippen molar-refractivity contribution in [3.05, 3.63) is 58.6 Å². The van der Waals surface area contributed by atoms with Gasteiger partial charge in [-0.3, -0.25) is 9.59 Å². The summed E-state index contributed by atoms with van der Waals surface area (Å²) in [7, 11) is 0. The van der Waals surface area contributed by atoms with E-state index in [-0.39, 0.29) is 18.2 Å². The number of carbonyl (C=O) groups excluding carboxylic acids is 2. The fourth-order valence-corrected chi connectivity index (χ4v) is 2.90. The molecule has 1 aliphatic heterocycles. The normalized spacial score (nSPS) is 12.9.